The van der Waals surface area contributed by atoms with Crippen molar-refractivity contribution in [2.75, 3.05) is 5.32 Å². The first-order chi connectivity index (χ1) is 10.5. The number of benzene rings is 2. The van der Waals surface area contributed by atoms with E-state index in [0.29, 0.717) is 8.95 Å². The fourth-order valence-electron chi connectivity index (χ4n) is 2.19. The number of nitrogens with zero attached hydrogens (tertiary/aromatic N) is 2. The van der Waals surface area contributed by atoms with Crippen molar-refractivity contribution >= 4 is 54.3 Å². The van der Waals surface area contributed by atoms with Gasteiger partial charge in [-0.15, -0.1) is 0 Å². The van der Waals surface area contributed by atoms with Crippen molar-refractivity contribution in [2.24, 2.45) is 0 Å². The van der Waals surface area contributed by atoms with Crippen molar-refractivity contribution in [3.8, 4) is 5.75 Å². The molecule has 0 saturated carbocycles. The van der Waals surface area contributed by atoms with E-state index >= 15 is 0 Å². The SMILES string of the molecule is Cc1cc2ncnc(Nc3cc(Br)c(O)c(Br)c3)c2cc1C.O.O. The zero-order valence-electron chi connectivity index (χ0n) is 13.0. The highest BCUT2D eigenvalue weighted by atomic mass is 79.9. The Labute approximate surface area is 155 Å². The van der Waals surface area contributed by atoms with Gasteiger partial charge in [-0.2, -0.15) is 0 Å². The van der Waals surface area contributed by atoms with Gasteiger partial charge in [0.15, 0.2) is 0 Å². The number of aryl methyl sites for hydroxylation is 2. The van der Waals surface area contributed by atoms with E-state index in [1.807, 2.05) is 0 Å². The summed E-state index contributed by atoms with van der Waals surface area (Å²) in [4.78, 5) is 8.66. The van der Waals surface area contributed by atoms with Crippen LogP contribution in [0.4, 0.5) is 11.5 Å². The molecule has 0 aliphatic heterocycles. The molecule has 0 aliphatic carbocycles. The maximum absolute atomic E-state index is 9.79. The van der Waals surface area contributed by atoms with Crippen molar-refractivity contribution in [3.05, 3.63) is 50.7 Å². The number of hydrogen-bond acceptors (Lipinski definition) is 4. The lowest BCUT2D eigenvalue weighted by Crippen LogP contribution is -1.97. The minimum Gasteiger partial charge on any atom is -0.506 e. The summed E-state index contributed by atoms with van der Waals surface area (Å²) < 4.78 is 1.21. The first-order valence-corrected chi connectivity index (χ1v) is 8.21. The molecule has 3 rings (SSSR count). The standard InChI is InChI=1S/C16H13Br2N3O.2H2O/c1-8-3-11-14(4-9(8)2)19-7-20-16(11)21-10-5-12(17)15(22)13(18)6-10;;/h3-7,22H,1-2H3,(H,19,20,21);2*1H2. The first kappa shape index (κ1) is 20.3. The molecule has 6 N–H and O–H groups in total. The average molecular weight is 459 g/mol. The Morgan fingerprint density at radius 1 is 0.917 bits per heavy atom. The topological polar surface area (TPSA) is 121 Å². The minimum atomic E-state index is 0. The minimum absolute atomic E-state index is 0. The quantitative estimate of drug-likeness (QED) is 0.570. The van der Waals surface area contributed by atoms with Gasteiger partial charge in [-0.3, -0.25) is 0 Å². The Morgan fingerprint density at radius 3 is 2.12 bits per heavy atom. The van der Waals surface area contributed by atoms with Crippen LogP contribution < -0.4 is 5.32 Å². The van der Waals surface area contributed by atoms with Gasteiger partial charge in [-0.05, 0) is 81.1 Å². The van der Waals surface area contributed by atoms with Gasteiger partial charge in [0, 0.05) is 11.1 Å². The third-order valence-corrected chi connectivity index (χ3v) is 4.74. The second-order valence-electron chi connectivity index (χ2n) is 5.09. The van der Waals surface area contributed by atoms with Gasteiger partial charge in [-0.25, -0.2) is 9.97 Å². The summed E-state index contributed by atoms with van der Waals surface area (Å²) in [6.45, 7) is 4.14. The molecule has 8 heteroatoms. The van der Waals surface area contributed by atoms with Crippen molar-refractivity contribution in [1.29, 1.82) is 0 Å². The van der Waals surface area contributed by atoms with E-state index in [4.69, 9.17) is 0 Å². The van der Waals surface area contributed by atoms with Gasteiger partial charge in [0.2, 0.25) is 0 Å². The van der Waals surface area contributed by atoms with E-state index in [0.717, 1.165) is 22.4 Å². The number of phenolic OH excluding ortho intramolecular Hbond substituents is 1. The zero-order valence-corrected chi connectivity index (χ0v) is 16.2. The fraction of sp³-hybridized carbons (Fsp3) is 0.125. The summed E-state index contributed by atoms with van der Waals surface area (Å²) in [6, 6.07) is 7.74. The number of halogens is 2. The number of fused-ring (bicyclic) bond motifs is 1. The van der Waals surface area contributed by atoms with Gasteiger partial charge < -0.3 is 21.4 Å². The zero-order chi connectivity index (χ0) is 15.9. The molecule has 1 heterocycles. The predicted molar refractivity (Wildman–Crippen MR) is 103 cm³/mol. The molecule has 0 amide bonds. The van der Waals surface area contributed by atoms with Gasteiger partial charge >= 0.3 is 0 Å². The number of phenols is 1. The van der Waals surface area contributed by atoms with Crippen LogP contribution in [0.15, 0.2) is 39.5 Å². The molecule has 0 bridgehead atoms. The second kappa shape index (κ2) is 7.89. The van der Waals surface area contributed by atoms with Crippen molar-refractivity contribution < 1.29 is 16.1 Å². The number of nitrogens with one attached hydrogen (secondary N) is 1. The van der Waals surface area contributed by atoms with Crippen molar-refractivity contribution in [1.82, 2.24) is 9.97 Å². The fourth-order valence-corrected chi connectivity index (χ4v) is 3.38. The number of anilines is 2. The summed E-state index contributed by atoms with van der Waals surface area (Å²) in [5, 5.41) is 14.0. The van der Waals surface area contributed by atoms with Crippen LogP contribution in [0.1, 0.15) is 11.1 Å². The van der Waals surface area contributed by atoms with Gasteiger partial charge in [0.25, 0.3) is 0 Å². The van der Waals surface area contributed by atoms with E-state index in [2.05, 4.69) is 73.1 Å². The second-order valence-corrected chi connectivity index (χ2v) is 6.80. The molecule has 0 fully saturated rings. The smallest absolute Gasteiger partial charge is 0.144 e. The van der Waals surface area contributed by atoms with Crippen molar-refractivity contribution in [2.45, 2.75) is 13.8 Å². The lowest BCUT2D eigenvalue weighted by molar-refractivity contribution is 0.468. The largest absolute Gasteiger partial charge is 0.506 e. The molecule has 0 unspecified atom stereocenters. The van der Waals surface area contributed by atoms with Gasteiger partial charge in [-0.1, -0.05) is 0 Å². The predicted octanol–water partition coefficient (Wildman–Crippen LogP) is 3.57. The Morgan fingerprint density at radius 2 is 1.50 bits per heavy atom. The highest BCUT2D eigenvalue weighted by Crippen LogP contribution is 2.36. The van der Waals surface area contributed by atoms with Crippen LogP contribution in [-0.4, -0.2) is 26.0 Å². The summed E-state index contributed by atoms with van der Waals surface area (Å²) in [7, 11) is 0. The monoisotopic (exact) mass is 457 g/mol. The third kappa shape index (κ3) is 3.84. The Bertz CT molecular complexity index is 865. The molecule has 6 nitrogen and oxygen atoms in total. The van der Waals surface area contributed by atoms with Gasteiger partial charge in [0.1, 0.15) is 17.9 Å². The van der Waals surface area contributed by atoms with Crippen LogP contribution in [0.25, 0.3) is 10.9 Å². The maximum Gasteiger partial charge on any atom is 0.144 e. The number of hydrogen-bond donors (Lipinski definition) is 2. The van der Waals surface area contributed by atoms with Crippen LogP contribution in [-0.2, 0) is 0 Å². The van der Waals surface area contributed by atoms with E-state index < -0.39 is 0 Å². The van der Waals surface area contributed by atoms with Crippen LogP contribution in [0.2, 0.25) is 0 Å². The van der Waals surface area contributed by atoms with Crippen LogP contribution in [0.3, 0.4) is 0 Å². The number of rotatable bonds is 2. The molecule has 0 radical (unpaired) electrons. The third-order valence-electron chi connectivity index (χ3n) is 3.53. The summed E-state index contributed by atoms with van der Waals surface area (Å²) in [5.74, 6) is 0.905. The normalized spacial score (nSPS) is 10.0. The molecule has 0 spiro atoms. The van der Waals surface area contributed by atoms with Crippen LogP contribution in [0, 0.1) is 13.8 Å². The van der Waals surface area contributed by atoms with Crippen LogP contribution in [0.5, 0.6) is 5.75 Å². The van der Waals surface area contributed by atoms with Crippen molar-refractivity contribution in [3.63, 3.8) is 0 Å². The molecule has 2 aromatic carbocycles. The van der Waals surface area contributed by atoms with E-state index in [-0.39, 0.29) is 16.7 Å². The first-order valence-electron chi connectivity index (χ1n) is 6.62. The van der Waals surface area contributed by atoms with Gasteiger partial charge in [0.05, 0.1) is 14.5 Å². The molecule has 3 aromatic rings. The van der Waals surface area contributed by atoms with E-state index in [9.17, 15) is 5.11 Å². The molecule has 0 aliphatic rings. The van der Waals surface area contributed by atoms with E-state index in [1.54, 1.807) is 18.5 Å². The molecular weight excluding hydrogens is 442 g/mol. The molecule has 1 aromatic heterocycles. The average Bonchev–Trinajstić information content (AvgIpc) is 2.47. The summed E-state index contributed by atoms with van der Waals surface area (Å²) in [5.41, 5.74) is 4.11. The van der Waals surface area contributed by atoms with Crippen LogP contribution >= 0.6 is 31.9 Å². The molecular formula is C16H17Br2N3O3. The highest BCUT2D eigenvalue weighted by molar-refractivity contribution is 9.11. The number of aromatic nitrogens is 2. The maximum atomic E-state index is 9.79. The lowest BCUT2D eigenvalue weighted by atomic mass is 10.1. The molecule has 128 valence electrons. The Balaban J connectivity index is 0.00000144. The molecule has 0 atom stereocenters. The summed E-state index contributed by atoms with van der Waals surface area (Å²) >= 11 is 6.66. The summed E-state index contributed by atoms with van der Waals surface area (Å²) in [6.07, 6.45) is 1.55. The lowest BCUT2D eigenvalue weighted by Gasteiger charge is -2.11. The molecule has 24 heavy (non-hydrogen) atoms. The van der Waals surface area contributed by atoms with E-state index in [1.165, 1.54) is 11.1 Å². The Hall–Kier alpha value is -1.74. The highest BCUT2D eigenvalue weighted by Gasteiger charge is 2.09. The number of aromatic hydroxyl groups is 1. The molecule has 0 saturated heterocycles. The Kier molecular flexibility index (Phi) is 6.67.